The van der Waals surface area contributed by atoms with E-state index in [1.165, 1.54) is 24.2 Å². The molecule has 0 saturated carbocycles. The van der Waals surface area contributed by atoms with Crippen LogP contribution >= 0.6 is 22.9 Å². The number of fused-ring (bicyclic) bond motifs is 5. The Morgan fingerprint density at radius 1 is 1.13 bits per heavy atom. The summed E-state index contributed by atoms with van der Waals surface area (Å²) in [5.41, 5.74) is 1.12. The molecule has 9 nitrogen and oxygen atoms in total. The summed E-state index contributed by atoms with van der Waals surface area (Å²) in [4.78, 5) is 44.2. The molecule has 11 heteroatoms. The van der Waals surface area contributed by atoms with E-state index in [1.807, 2.05) is 22.6 Å². The van der Waals surface area contributed by atoms with E-state index in [0.717, 1.165) is 56.0 Å². The number of thiazole rings is 1. The summed E-state index contributed by atoms with van der Waals surface area (Å²) in [5.74, 6) is 0.235. The van der Waals surface area contributed by atoms with Crippen LogP contribution in [0.2, 0.25) is 5.02 Å². The van der Waals surface area contributed by atoms with Crippen molar-refractivity contribution >= 4 is 60.9 Å². The number of hydrogen-bond donors (Lipinski definition) is 1. The highest BCUT2D eigenvalue weighted by Gasteiger charge is 2.25. The van der Waals surface area contributed by atoms with Gasteiger partial charge >= 0.3 is 0 Å². The van der Waals surface area contributed by atoms with Crippen molar-refractivity contribution in [3.05, 3.63) is 45.2 Å². The lowest BCUT2D eigenvalue weighted by atomic mass is 10.2. The van der Waals surface area contributed by atoms with Crippen molar-refractivity contribution in [1.82, 2.24) is 29.5 Å². The minimum absolute atomic E-state index is 0.137. The number of nitrogens with zero attached hydrogens (tertiary/aromatic N) is 6. The van der Waals surface area contributed by atoms with Crippen LogP contribution in [0.4, 0.5) is 5.95 Å². The van der Waals surface area contributed by atoms with Gasteiger partial charge in [0.2, 0.25) is 11.4 Å². The predicted molar refractivity (Wildman–Crippen MR) is 154 cm³/mol. The SMILES string of the molecule is CC(C)N1CCN(c2ncc3c(=O)c(C(=O)NCCN4CCCC4)c4sc5ccc(Cl)cc5n4c3n2)CC1. The number of carbonyl (C=O) groups excluding carboxylic acids is 1. The molecule has 0 spiro atoms. The quantitative estimate of drug-likeness (QED) is 0.391. The Balaban J connectivity index is 1.43. The van der Waals surface area contributed by atoms with Crippen LogP contribution in [0, 0.1) is 0 Å². The Bertz CT molecular complexity index is 1570. The Hall–Kier alpha value is -2.79. The van der Waals surface area contributed by atoms with Crippen LogP contribution in [0.15, 0.2) is 29.2 Å². The number of piperazine rings is 1. The van der Waals surface area contributed by atoms with Crippen LogP contribution in [0.3, 0.4) is 0 Å². The molecule has 0 aliphatic carbocycles. The highest BCUT2D eigenvalue weighted by molar-refractivity contribution is 7.24. The second kappa shape index (κ2) is 10.4. The maximum atomic E-state index is 13.7. The second-order valence-corrected chi connectivity index (χ2v) is 11.9. The third-order valence-corrected chi connectivity index (χ3v) is 9.07. The summed E-state index contributed by atoms with van der Waals surface area (Å²) in [6, 6.07) is 6.11. The number of pyridine rings is 1. The molecule has 1 N–H and O–H groups in total. The monoisotopic (exact) mass is 553 g/mol. The van der Waals surface area contributed by atoms with E-state index in [4.69, 9.17) is 16.6 Å². The molecule has 0 unspecified atom stereocenters. The minimum Gasteiger partial charge on any atom is -0.351 e. The molecule has 0 radical (unpaired) electrons. The summed E-state index contributed by atoms with van der Waals surface area (Å²) < 4.78 is 2.84. The largest absolute Gasteiger partial charge is 0.351 e. The molecule has 2 aliphatic rings. The van der Waals surface area contributed by atoms with Crippen LogP contribution < -0.4 is 15.6 Å². The lowest BCUT2D eigenvalue weighted by molar-refractivity contribution is 0.0950. The van der Waals surface area contributed by atoms with E-state index in [9.17, 15) is 9.59 Å². The van der Waals surface area contributed by atoms with Gasteiger partial charge in [-0.05, 0) is 58.0 Å². The molecule has 0 atom stereocenters. The van der Waals surface area contributed by atoms with Gasteiger partial charge in [0.05, 0.1) is 15.6 Å². The van der Waals surface area contributed by atoms with Gasteiger partial charge in [0.25, 0.3) is 5.91 Å². The minimum atomic E-state index is -0.361. The number of halogens is 1. The molecule has 1 amide bonds. The van der Waals surface area contributed by atoms with Crippen LogP contribution in [0.25, 0.3) is 26.1 Å². The smallest absolute Gasteiger partial charge is 0.258 e. The number of hydrogen-bond acceptors (Lipinski definition) is 8. The standard InChI is InChI=1S/C27H32ClN7O2S/c1-17(2)33-11-13-34(14-12-33)27-30-16-19-23(36)22(25(37)29-7-10-32-8-3-4-9-32)26-35(24(19)31-27)20-15-18(28)5-6-21(20)38-26/h5-6,15-17H,3-4,7-14H2,1-2H3,(H,29,37). The molecule has 6 rings (SSSR count). The summed E-state index contributed by atoms with van der Waals surface area (Å²) >= 11 is 7.79. The molecule has 38 heavy (non-hydrogen) atoms. The number of carbonyl (C=O) groups is 1. The zero-order valence-electron chi connectivity index (χ0n) is 21.7. The fourth-order valence-electron chi connectivity index (χ4n) is 5.52. The first-order valence-corrected chi connectivity index (χ1v) is 14.5. The average Bonchev–Trinajstić information content (AvgIpc) is 3.56. The number of likely N-dealkylation sites (tertiary alicyclic amines) is 1. The molecule has 0 bridgehead atoms. The van der Waals surface area contributed by atoms with Crippen LogP contribution in [0.5, 0.6) is 0 Å². The van der Waals surface area contributed by atoms with Gasteiger partial charge in [0.1, 0.15) is 10.4 Å². The summed E-state index contributed by atoms with van der Waals surface area (Å²) in [7, 11) is 0. The fraction of sp³-hybridized carbons (Fsp3) is 0.481. The zero-order valence-corrected chi connectivity index (χ0v) is 23.3. The van der Waals surface area contributed by atoms with Gasteiger partial charge in [-0.1, -0.05) is 11.6 Å². The topological polar surface area (TPSA) is 86.1 Å². The zero-order chi connectivity index (χ0) is 26.4. The van der Waals surface area contributed by atoms with E-state index in [1.54, 1.807) is 6.20 Å². The molecular formula is C27H32ClN7O2S. The van der Waals surface area contributed by atoms with Gasteiger partial charge in [-0.25, -0.2) is 4.98 Å². The van der Waals surface area contributed by atoms with Gasteiger partial charge in [-0.3, -0.25) is 18.9 Å². The van der Waals surface area contributed by atoms with Gasteiger partial charge in [-0.2, -0.15) is 4.98 Å². The Kier molecular flexibility index (Phi) is 6.98. The Morgan fingerprint density at radius 2 is 1.89 bits per heavy atom. The van der Waals surface area contributed by atoms with Crippen LogP contribution in [-0.4, -0.2) is 88.5 Å². The molecule has 200 valence electrons. The number of rotatable bonds is 6. The van der Waals surface area contributed by atoms with Gasteiger partial charge in [-0.15, -0.1) is 11.3 Å². The number of aromatic nitrogens is 3. The summed E-state index contributed by atoms with van der Waals surface area (Å²) in [6.45, 7) is 11.3. The third-order valence-electron chi connectivity index (χ3n) is 7.69. The first-order chi connectivity index (χ1) is 18.4. The highest BCUT2D eigenvalue weighted by atomic mass is 35.5. The van der Waals surface area contributed by atoms with E-state index < -0.39 is 0 Å². The Morgan fingerprint density at radius 3 is 2.63 bits per heavy atom. The van der Waals surface area contributed by atoms with E-state index in [-0.39, 0.29) is 16.9 Å². The van der Waals surface area contributed by atoms with E-state index in [0.29, 0.717) is 39.4 Å². The van der Waals surface area contributed by atoms with Crippen LogP contribution in [0.1, 0.15) is 37.0 Å². The van der Waals surface area contributed by atoms with Crippen molar-refractivity contribution in [3.63, 3.8) is 0 Å². The predicted octanol–water partition coefficient (Wildman–Crippen LogP) is 3.47. The molecular weight excluding hydrogens is 522 g/mol. The molecule has 2 aliphatic heterocycles. The lowest BCUT2D eigenvalue weighted by Gasteiger charge is -2.36. The van der Waals surface area contributed by atoms with Gasteiger partial charge < -0.3 is 15.1 Å². The molecule has 1 aromatic carbocycles. The van der Waals surface area contributed by atoms with Crippen LogP contribution in [-0.2, 0) is 0 Å². The van der Waals surface area contributed by atoms with Crippen molar-refractivity contribution in [3.8, 4) is 0 Å². The van der Waals surface area contributed by atoms with E-state index >= 15 is 0 Å². The third kappa shape index (κ3) is 4.64. The van der Waals surface area contributed by atoms with Crippen molar-refractivity contribution in [2.75, 3.05) is 57.3 Å². The first kappa shape index (κ1) is 25.5. The maximum Gasteiger partial charge on any atom is 0.258 e. The van der Waals surface area contributed by atoms with Crippen molar-refractivity contribution in [1.29, 1.82) is 0 Å². The molecule has 2 saturated heterocycles. The van der Waals surface area contributed by atoms with Crippen molar-refractivity contribution < 1.29 is 4.79 Å². The lowest BCUT2D eigenvalue weighted by Crippen LogP contribution is -2.49. The normalized spacial score (nSPS) is 17.4. The molecule has 4 aromatic rings. The second-order valence-electron chi connectivity index (χ2n) is 10.4. The van der Waals surface area contributed by atoms with Crippen molar-refractivity contribution in [2.24, 2.45) is 0 Å². The highest BCUT2D eigenvalue weighted by Crippen LogP contribution is 2.32. The number of benzene rings is 1. The maximum absolute atomic E-state index is 13.7. The first-order valence-electron chi connectivity index (χ1n) is 13.3. The fourth-order valence-corrected chi connectivity index (χ4v) is 6.85. The summed E-state index contributed by atoms with van der Waals surface area (Å²) in [6.07, 6.45) is 3.97. The molecule has 3 aromatic heterocycles. The number of amides is 1. The molecule has 2 fully saturated rings. The number of nitrogens with one attached hydrogen (secondary N) is 1. The summed E-state index contributed by atoms with van der Waals surface area (Å²) in [5, 5.41) is 3.90. The van der Waals surface area contributed by atoms with E-state index in [2.05, 4.69) is 38.8 Å². The van der Waals surface area contributed by atoms with Crippen molar-refractivity contribution in [2.45, 2.75) is 32.7 Å². The van der Waals surface area contributed by atoms with Gasteiger partial charge in [0, 0.05) is 56.5 Å². The van der Waals surface area contributed by atoms with Gasteiger partial charge in [0.15, 0.2) is 5.65 Å². The number of anilines is 1. The average molecular weight is 554 g/mol. The molecule has 5 heterocycles. The Labute approximate surface area is 230 Å².